The van der Waals surface area contributed by atoms with Gasteiger partial charge >= 0.3 is 0 Å². The van der Waals surface area contributed by atoms with Crippen molar-refractivity contribution in [3.8, 4) is 0 Å². The third-order valence-corrected chi connectivity index (χ3v) is 7.99. The molecule has 0 aromatic rings. The maximum absolute atomic E-state index is 2.37. The van der Waals surface area contributed by atoms with Gasteiger partial charge in [0.25, 0.3) is 0 Å². The van der Waals surface area contributed by atoms with Crippen LogP contribution in [0.5, 0.6) is 0 Å². The van der Waals surface area contributed by atoms with Gasteiger partial charge in [-0.3, -0.25) is 0 Å². The van der Waals surface area contributed by atoms with Gasteiger partial charge in [0.1, 0.15) is 0 Å². The van der Waals surface area contributed by atoms with Crippen LogP contribution in [-0.4, -0.2) is 17.4 Å². The average Bonchev–Trinajstić information content (AvgIpc) is 1.88. The first kappa shape index (κ1) is 9.43. The van der Waals surface area contributed by atoms with E-state index in [2.05, 4.69) is 20.4 Å². The van der Waals surface area contributed by atoms with Crippen molar-refractivity contribution in [3.63, 3.8) is 0 Å². The lowest BCUT2D eigenvalue weighted by molar-refractivity contribution is 1.02. The standard InChI is InChI=1S/C7H17Si2/c1-4-6-9(8-3)7-5-2/h4-7H2,1-3H3. The Hall–Kier alpha value is 0.434. The molecule has 0 saturated carbocycles. The lowest BCUT2D eigenvalue weighted by Crippen LogP contribution is -2.18. The van der Waals surface area contributed by atoms with E-state index < -0.39 is 0 Å². The van der Waals surface area contributed by atoms with E-state index in [0.29, 0.717) is 0 Å². The average molecular weight is 157 g/mol. The molecule has 9 heavy (non-hydrogen) atoms. The van der Waals surface area contributed by atoms with Gasteiger partial charge in [-0.05, 0) is 0 Å². The van der Waals surface area contributed by atoms with Gasteiger partial charge in [-0.1, -0.05) is 45.3 Å². The van der Waals surface area contributed by atoms with E-state index in [1.165, 1.54) is 21.9 Å². The molecule has 3 radical (unpaired) electrons. The SMILES string of the molecule is CCC[Si](CCC)[Si]C. The van der Waals surface area contributed by atoms with E-state index in [1.807, 2.05) is 0 Å². The molecular weight excluding hydrogens is 140 g/mol. The second-order valence-corrected chi connectivity index (χ2v) is 8.68. The predicted molar refractivity (Wildman–Crippen MR) is 47.6 cm³/mol. The van der Waals surface area contributed by atoms with Crippen molar-refractivity contribution in [1.29, 1.82) is 0 Å². The molecule has 0 spiro atoms. The Bertz CT molecular complexity index is 48.9. The molecule has 0 aliphatic rings. The van der Waals surface area contributed by atoms with Crippen molar-refractivity contribution < 1.29 is 0 Å². The highest BCUT2D eigenvalue weighted by Gasteiger charge is 2.04. The zero-order valence-electron chi connectivity index (χ0n) is 6.83. The van der Waals surface area contributed by atoms with Crippen molar-refractivity contribution in [2.24, 2.45) is 0 Å². The van der Waals surface area contributed by atoms with Crippen LogP contribution in [0, 0.1) is 0 Å². The molecule has 0 N–H and O–H groups in total. The van der Waals surface area contributed by atoms with Gasteiger partial charge in [-0.2, -0.15) is 0 Å². The van der Waals surface area contributed by atoms with Gasteiger partial charge in [-0.15, -0.1) is 0 Å². The first-order valence-corrected chi connectivity index (χ1v) is 8.29. The van der Waals surface area contributed by atoms with E-state index in [0.717, 1.165) is 0 Å². The number of hydrogen-bond acceptors (Lipinski definition) is 0. The molecule has 0 heterocycles. The summed E-state index contributed by atoms with van der Waals surface area (Å²) in [6, 6.07) is 3.10. The van der Waals surface area contributed by atoms with Crippen LogP contribution in [0.25, 0.3) is 0 Å². The van der Waals surface area contributed by atoms with E-state index in [-0.39, 0.29) is 8.31 Å². The van der Waals surface area contributed by atoms with E-state index in [9.17, 15) is 0 Å². The Morgan fingerprint density at radius 3 is 1.78 bits per heavy atom. The van der Waals surface area contributed by atoms with Crippen molar-refractivity contribution in [2.75, 3.05) is 0 Å². The highest BCUT2D eigenvalue weighted by atomic mass is 29.2. The molecule has 0 unspecified atom stereocenters. The Balaban J connectivity index is 3.18. The number of rotatable bonds is 5. The zero-order valence-corrected chi connectivity index (χ0v) is 8.83. The summed E-state index contributed by atoms with van der Waals surface area (Å²) >= 11 is 0. The fourth-order valence-electron chi connectivity index (χ4n) is 0.979. The maximum atomic E-state index is 2.37. The van der Waals surface area contributed by atoms with Crippen molar-refractivity contribution in [3.05, 3.63) is 0 Å². The second kappa shape index (κ2) is 6.55. The molecule has 0 amide bonds. The Morgan fingerprint density at radius 1 is 1.11 bits per heavy atom. The van der Waals surface area contributed by atoms with Crippen LogP contribution in [0.2, 0.25) is 18.6 Å². The number of hydrogen-bond donors (Lipinski definition) is 0. The third-order valence-electron chi connectivity index (χ3n) is 1.46. The zero-order chi connectivity index (χ0) is 7.11. The van der Waals surface area contributed by atoms with Crippen LogP contribution in [-0.2, 0) is 0 Å². The molecule has 0 bridgehead atoms. The third kappa shape index (κ3) is 4.91. The fraction of sp³-hybridized carbons (Fsp3) is 1.00. The van der Waals surface area contributed by atoms with Crippen LogP contribution >= 0.6 is 0 Å². The van der Waals surface area contributed by atoms with E-state index in [4.69, 9.17) is 0 Å². The van der Waals surface area contributed by atoms with Crippen molar-refractivity contribution in [2.45, 2.75) is 45.3 Å². The Morgan fingerprint density at radius 2 is 1.56 bits per heavy atom. The molecule has 0 saturated heterocycles. The molecule has 2 heteroatoms. The highest BCUT2D eigenvalue weighted by Crippen LogP contribution is 2.03. The van der Waals surface area contributed by atoms with Crippen molar-refractivity contribution in [1.82, 2.24) is 0 Å². The minimum atomic E-state index is 0.142. The van der Waals surface area contributed by atoms with Crippen LogP contribution in [0.4, 0.5) is 0 Å². The van der Waals surface area contributed by atoms with Crippen LogP contribution < -0.4 is 0 Å². The fourth-order valence-corrected chi connectivity index (χ4v) is 5.94. The van der Waals surface area contributed by atoms with E-state index in [1.54, 1.807) is 12.1 Å². The van der Waals surface area contributed by atoms with Gasteiger partial charge in [0.2, 0.25) is 0 Å². The van der Waals surface area contributed by atoms with Gasteiger partial charge in [-0.25, -0.2) is 0 Å². The first-order valence-electron chi connectivity index (χ1n) is 3.87. The molecule has 0 atom stereocenters. The van der Waals surface area contributed by atoms with Crippen LogP contribution in [0.3, 0.4) is 0 Å². The lowest BCUT2D eigenvalue weighted by Gasteiger charge is -2.07. The van der Waals surface area contributed by atoms with E-state index >= 15 is 0 Å². The topological polar surface area (TPSA) is 0 Å². The smallest absolute Gasteiger partial charge is 0.0340 e. The van der Waals surface area contributed by atoms with Gasteiger partial charge in [0.15, 0.2) is 0 Å². The summed E-state index contributed by atoms with van der Waals surface area (Å²) in [5.74, 6) is 0. The molecule has 0 aliphatic carbocycles. The van der Waals surface area contributed by atoms with Gasteiger partial charge in [0, 0.05) is 17.4 Å². The summed E-state index contributed by atoms with van der Waals surface area (Å²) in [5, 5.41) is 0. The van der Waals surface area contributed by atoms with Crippen molar-refractivity contribution >= 4 is 17.4 Å². The predicted octanol–water partition coefficient (Wildman–Crippen LogP) is 2.55. The molecule has 0 nitrogen and oxygen atoms in total. The molecular formula is C7H17Si2. The summed E-state index contributed by atoms with van der Waals surface area (Å²) in [7, 11) is 1.41. The normalized spacial score (nSPS) is 10.7. The monoisotopic (exact) mass is 157 g/mol. The summed E-state index contributed by atoms with van der Waals surface area (Å²) in [5.41, 5.74) is 0. The van der Waals surface area contributed by atoms with Crippen LogP contribution in [0.15, 0.2) is 0 Å². The summed E-state index contributed by atoms with van der Waals surface area (Å²) in [6.45, 7) is 6.99. The maximum Gasteiger partial charge on any atom is 0.0340 e. The van der Waals surface area contributed by atoms with Gasteiger partial charge in [0.05, 0.1) is 0 Å². The van der Waals surface area contributed by atoms with Crippen LogP contribution in [0.1, 0.15) is 26.7 Å². The minimum Gasteiger partial charge on any atom is -0.0756 e. The minimum absolute atomic E-state index is 0.142. The molecule has 53 valence electrons. The largest absolute Gasteiger partial charge is 0.0756 e. The molecule has 0 fully saturated rings. The highest BCUT2D eigenvalue weighted by molar-refractivity contribution is 7.11. The summed E-state index contributed by atoms with van der Waals surface area (Å²) in [6.07, 6.45) is 2.82. The molecule has 0 aliphatic heterocycles. The quantitative estimate of drug-likeness (QED) is 0.538. The summed E-state index contributed by atoms with van der Waals surface area (Å²) < 4.78 is 0. The molecule has 0 aromatic carbocycles. The lowest BCUT2D eigenvalue weighted by atomic mass is 10.6. The Kier molecular flexibility index (Phi) is 6.87. The molecule has 0 aromatic heterocycles. The van der Waals surface area contributed by atoms with Gasteiger partial charge < -0.3 is 0 Å². The molecule has 0 rings (SSSR count). The summed E-state index contributed by atoms with van der Waals surface area (Å²) in [4.78, 5) is 0. The first-order chi connectivity index (χ1) is 4.35. The second-order valence-electron chi connectivity index (χ2n) is 2.35. The Labute approximate surface area is 63.3 Å².